The van der Waals surface area contributed by atoms with Crippen molar-refractivity contribution in [1.29, 1.82) is 0 Å². The predicted molar refractivity (Wildman–Crippen MR) is 96.6 cm³/mol. The normalized spacial score (nSPS) is 11.6. The average Bonchev–Trinajstić information content (AvgIpc) is 2.48. The molecule has 1 atom stereocenters. The molecule has 0 bridgehead atoms. The van der Waals surface area contributed by atoms with Crippen LogP contribution >= 0.6 is 12.2 Å². The Morgan fingerprint density at radius 1 is 1.18 bits per heavy atom. The second kappa shape index (κ2) is 7.80. The van der Waals surface area contributed by atoms with Crippen molar-refractivity contribution in [2.75, 3.05) is 11.9 Å². The van der Waals surface area contributed by atoms with Crippen molar-refractivity contribution in [3.05, 3.63) is 59.7 Å². The summed E-state index contributed by atoms with van der Waals surface area (Å²) in [6.07, 6.45) is 0. The number of aryl methyl sites for hydroxylation is 1. The molecule has 116 valence electrons. The zero-order chi connectivity index (χ0) is 15.9. The number of thiocarbonyl (C=S) groups is 1. The molecule has 0 saturated heterocycles. The maximum Gasteiger partial charge on any atom is 0.171 e. The summed E-state index contributed by atoms with van der Waals surface area (Å²) >= 11 is 5.40. The zero-order valence-corrected chi connectivity index (χ0v) is 14.0. The average molecular weight is 314 g/mol. The van der Waals surface area contributed by atoms with Gasteiger partial charge in [-0.25, -0.2) is 0 Å². The summed E-state index contributed by atoms with van der Waals surface area (Å²) in [4.78, 5) is 0. The van der Waals surface area contributed by atoms with E-state index in [4.69, 9.17) is 17.0 Å². The molecule has 3 nitrogen and oxygen atoms in total. The van der Waals surface area contributed by atoms with E-state index in [1.165, 1.54) is 11.1 Å². The fourth-order valence-electron chi connectivity index (χ4n) is 2.34. The first-order valence-electron chi connectivity index (χ1n) is 7.46. The van der Waals surface area contributed by atoms with E-state index in [9.17, 15) is 0 Å². The van der Waals surface area contributed by atoms with Crippen LogP contribution in [0, 0.1) is 6.92 Å². The number of anilines is 1. The van der Waals surface area contributed by atoms with Crippen molar-refractivity contribution in [1.82, 2.24) is 5.32 Å². The SMILES string of the molecule is CCOc1cccc(NC(=S)N[C@@H](C)c2ccccc2C)c1. The molecule has 4 heteroatoms. The van der Waals surface area contributed by atoms with Crippen LogP contribution in [-0.2, 0) is 0 Å². The Bertz CT molecular complexity index is 642. The van der Waals surface area contributed by atoms with Gasteiger partial charge in [-0.2, -0.15) is 0 Å². The molecule has 0 radical (unpaired) electrons. The molecule has 0 aliphatic carbocycles. The Hall–Kier alpha value is -2.07. The van der Waals surface area contributed by atoms with Gasteiger partial charge >= 0.3 is 0 Å². The lowest BCUT2D eigenvalue weighted by atomic mass is 10.0. The maximum atomic E-state index is 5.49. The van der Waals surface area contributed by atoms with Gasteiger partial charge in [-0.05, 0) is 56.2 Å². The van der Waals surface area contributed by atoms with Gasteiger partial charge in [0, 0.05) is 11.8 Å². The van der Waals surface area contributed by atoms with Crippen molar-refractivity contribution < 1.29 is 4.74 Å². The predicted octanol–water partition coefficient (Wildman–Crippen LogP) is 4.44. The molecule has 0 aromatic heterocycles. The first-order chi connectivity index (χ1) is 10.6. The van der Waals surface area contributed by atoms with E-state index in [0.717, 1.165) is 11.4 Å². The second-order valence-corrected chi connectivity index (χ2v) is 5.55. The fourth-order valence-corrected chi connectivity index (χ4v) is 2.64. The number of rotatable bonds is 5. The van der Waals surface area contributed by atoms with Gasteiger partial charge in [0.15, 0.2) is 5.11 Å². The Labute approximate surface area is 137 Å². The molecule has 2 aromatic carbocycles. The monoisotopic (exact) mass is 314 g/mol. The van der Waals surface area contributed by atoms with Gasteiger partial charge in [0.2, 0.25) is 0 Å². The summed E-state index contributed by atoms with van der Waals surface area (Å²) in [7, 11) is 0. The Morgan fingerprint density at radius 2 is 1.95 bits per heavy atom. The van der Waals surface area contributed by atoms with Crippen LogP contribution in [0.4, 0.5) is 5.69 Å². The standard InChI is InChI=1S/C18H22N2OS/c1-4-21-16-10-7-9-15(12-16)20-18(22)19-14(3)17-11-6-5-8-13(17)2/h5-12,14H,4H2,1-3H3,(H2,19,20,22)/t14-/m0/s1. The highest BCUT2D eigenvalue weighted by Gasteiger charge is 2.09. The Balaban J connectivity index is 1.98. The summed E-state index contributed by atoms with van der Waals surface area (Å²) in [5.41, 5.74) is 3.42. The van der Waals surface area contributed by atoms with Crippen LogP contribution in [0.1, 0.15) is 31.0 Å². The molecule has 0 unspecified atom stereocenters. The summed E-state index contributed by atoms with van der Waals surface area (Å²) in [5.74, 6) is 0.835. The smallest absolute Gasteiger partial charge is 0.171 e. The summed E-state index contributed by atoms with van der Waals surface area (Å²) in [6.45, 7) is 6.83. The third-order valence-corrected chi connectivity index (χ3v) is 3.63. The minimum absolute atomic E-state index is 0.149. The van der Waals surface area contributed by atoms with Crippen molar-refractivity contribution >= 4 is 23.0 Å². The van der Waals surface area contributed by atoms with E-state index >= 15 is 0 Å². The lowest BCUT2D eigenvalue weighted by Gasteiger charge is -2.19. The fraction of sp³-hybridized carbons (Fsp3) is 0.278. The van der Waals surface area contributed by atoms with Gasteiger partial charge in [-0.3, -0.25) is 0 Å². The van der Waals surface area contributed by atoms with Gasteiger partial charge in [0.1, 0.15) is 5.75 Å². The lowest BCUT2D eigenvalue weighted by Crippen LogP contribution is -2.31. The molecule has 0 fully saturated rings. The van der Waals surface area contributed by atoms with Crippen molar-refractivity contribution in [3.63, 3.8) is 0 Å². The van der Waals surface area contributed by atoms with Gasteiger partial charge in [0.05, 0.1) is 12.6 Å². The Morgan fingerprint density at radius 3 is 2.68 bits per heavy atom. The third kappa shape index (κ3) is 4.46. The lowest BCUT2D eigenvalue weighted by molar-refractivity contribution is 0.340. The highest BCUT2D eigenvalue weighted by atomic mass is 32.1. The van der Waals surface area contributed by atoms with Crippen LogP contribution in [0.3, 0.4) is 0 Å². The van der Waals surface area contributed by atoms with Crippen LogP contribution in [-0.4, -0.2) is 11.7 Å². The van der Waals surface area contributed by atoms with Crippen LogP contribution in [0.15, 0.2) is 48.5 Å². The Kier molecular flexibility index (Phi) is 5.78. The van der Waals surface area contributed by atoms with E-state index in [1.54, 1.807) is 0 Å². The number of ether oxygens (including phenoxy) is 1. The summed E-state index contributed by atoms with van der Waals surface area (Å²) < 4.78 is 5.49. The molecule has 0 aliphatic heterocycles. The molecule has 2 N–H and O–H groups in total. The zero-order valence-electron chi connectivity index (χ0n) is 13.2. The number of hydrogen-bond acceptors (Lipinski definition) is 2. The quantitative estimate of drug-likeness (QED) is 0.799. The molecular weight excluding hydrogens is 292 g/mol. The number of hydrogen-bond donors (Lipinski definition) is 2. The van der Waals surface area contributed by atoms with E-state index in [1.807, 2.05) is 43.3 Å². The third-order valence-electron chi connectivity index (χ3n) is 3.41. The summed E-state index contributed by atoms with van der Waals surface area (Å²) in [6, 6.07) is 16.2. The molecule has 0 spiro atoms. The first kappa shape index (κ1) is 16.3. The van der Waals surface area contributed by atoms with Crippen LogP contribution in [0.5, 0.6) is 5.75 Å². The first-order valence-corrected chi connectivity index (χ1v) is 7.87. The van der Waals surface area contributed by atoms with Gasteiger partial charge < -0.3 is 15.4 Å². The second-order valence-electron chi connectivity index (χ2n) is 5.14. The highest BCUT2D eigenvalue weighted by Crippen LogP contribution is 2.19. The van der Waals surface area contributed by atoms with Gasteiger partial charge in [-0.15, -0.1) is 0 Å². The van der Waals surface area contributed by atoms with Gasteiger partial charge in [0.25, 0.3) is 0 Å². The molecule has 22 heavy (non-hydrogen) atoms. The van der Waals surface area contributed by atoms with Gasteiger partial charge in [-0.1, -0.05) is 30.3 Å². The molecule has 0 saturated carbocycles. The van der Waals surface area contributed by atoms with Crippen molar-refractivity contribution in [2.24, 2.45) is 0 Å². The molecule has 2 aromatic rings. The van der Waals surface area contributed by atoms with E-state index in [0.29, 0.717) is 11.7 Å². The number of benzene rings is 2. The minimum Gasteiger partial charge on any atom is -0.494 e. The molecule has 0 heterocycles. The van der Waals surface area contributed by atoms with Crippen LogP contribution in [0.25, 0.3) is 0 Å². The minimum atomic E-state index is 0.149. The van der Waals surface area contributed by atoms with Crippen molar-refractivity contribution in [2.45, 2.75) is 26.8 Å². The van der Waals surface area contributed by atoms with E-state index < -0.39 is 0 Å². The van der Waals surface area contributed by atoms with Crippen molar-refractivity contribution in [3.8, 4) is 5.75 Å². The summed E-state index contributed by atoms with van der Waals surface area (Å²) in [5, 5.41) is 7.12. The molecule has 0 aliphatic rings. The van der Waals surface area contributed by atoms with Crippen LogP contribution in [0.2, 0.25) is 0 Å². The van der Waals surface area contributed by atoms with E-state index in [-0.39, 0.29) is 6.04 Å². The highest BCUT2D eigenvalue weighted by molar-refractivity contribution is 7.80. The number of nitrogens with one attached hydrogen (secondary N) is 2. The largest absolute Gasteiger partial charge is 0.494 e. The molecule has 2 rings (SSSR count). The molecule has 0 amide bonds. The topological polar surface area (TPSA) is 33.3 Å². The van der Waals surface area contributed by atoms with Crippen LogP contribution < -0.4 is 15.4 Å². The molecular formula is C18H22N2OS. The maximum absolute atomic E-state index is 5.49. The van der Waals surface area contributed by atoms with E-state index in [2.05, 4.69) is 36.6 Å².